The van der Waals surface area contributed by atoms with Crippen LogP contribution in [0.4, 0.5) is 5.69 Å². The third-order valence-electron chi connectivity index (χ3n) is 15.4. The number of rotatable bonds is 5. The van der Waals surface area contributed by atoms with Crippen molar-refractivity contribution in [3.05, 3.63) is 235 Å². The van der Waals surface area contributed by atoms with Crippen molar-refractivity contribution in [2.24, 2.45) is 0 Å². The van der Waals surface area contributed by atoms with Gasteiger partial charge >= 0.3 is 0 Å². The molecule has 16 aromatic rings. The van der Waals surface area contributed by atoms with Crippen LogP contribution >= 0.6 is 22.7 Å². The fourth-order valence-electron chi connectivity index (χ4n) is 12.2. The first-order valence-electron chi connectivity index (χ1n) is 24.9. The molecule has 0 amide bonds. The van der Waals surface area contributed by atoms with E-state index in [0.717, 1.165) is 114 Å². The lowest BCUT2D eigenvalue weighted by molar-refractivity contribution is 0.671. The Balaban J connectivity index is 1.18. The Morgan fingerprint density at radius 3 is 1.52 bits per heavy atom. The van der Waals surface area contributed by atoms with Crippen LogP contribution in [0.15, 0.2) is 223 Å². The third kappa shape index (κ3) is 5.79. The van der Waals surface area contributed by atoms with Crippen LogP contribution in [0.2, 0.25) is 0 Å². The third-order valence-corrected chi connectivity index (χ3v) is 17.8. The van der Waals surface area contributed by atoms with Crippen molar-refractivity contribution in [2.75, 3.05) is 0 Å². The van der Waals surface area contributed by atoms with E-state index in [1.165, 1.54) is 20.2 Å². The summed E-state index contributed by atoms with van der Waals surface area (Å²) in [6.45, 7) is 9.57. The molecule has 0 aliphatic carbocycles. The van der Waals surface area contributed by atoms with Crippen LogP contribution < -0.4 is 0 Å². The number of para-hydroxylation sites is 1. The summed E-state index contributed by atoms with van der Waals surface area (Å²) < 4.78 is 16.5. The maximum Gasteiger partial charge on any atom is 0.220 e. The van der Waals surface area contributed by atoms with E-state index in [4.69, 9.17) is 4.42 Å². The topological polar surface area (TPSA) is 51.1 Å². The maximum atomic E-state index is 12.2. The summed E-state index contributed by atoms with van der Waals surface area (Å²) in [6.07, 6.45) is 0. The fourth-order valence-corrected chi connectivity index (χ4v) is 14.7. The minimum absolute atomic E-state index is 0.400. The van der Waals surface area contributed by atoms with Gasteiger partial charge < -0.3 is 13.6 Å². The highest BCUT2D eigenvalue weighted by Gasteiger charge is 2.34. The standard InChI is InChI=1S/C68H36N4OS2/c1-70-60-58(40-19-7-3-8-20-40)53(38-69)61(71-54-26-14-11-23-43(54)46-30-33-49-52-37-42(39-17-5-2-6-18-39)29-36-55(52)73-66(49)62(46)71)59(41-21-9-4-10-22-41)65(60)72-63-47(31-34-50-44-24-12-15-27-56(44)74-67(50)63)48-32-35-51-45-25-13-16-28-57(45)75-68(51)64(48)72/h2-37H. The molecule has 11 aromatic carbocycles. The zero-order valence-electron chi connectivity index (χ0n) is 39.8. The van der Waals surface area contributed by atoms with Gasteiger partial charge in [-0.25, -0.2) is 4.85 Å². The van der Waals surface area contributed by atoms with Crippen molar-refractivity contribution in [2.45, 2.75) is 0 Å². The van der Waals surface area contributed by atoms with Gasteiger partial charge in [-0.3, -0.25) is 0 Å². The average molecular weight is 989 g/mol. The minimum Gasteiger partial charge on any atom is -0.454 e. The summed E-state index contributed by atoms with van der Waals surface area (Å²) in [4.78, 5) is 4.67. The van der Waals surface area contributed by atoms with Crippen molar-refractivity contribution in [1.82, 2.24) is 9.13 Å². The normalized spacial score (nSPS) is 12.0. The molecule has 0 aliphatic heterocycles. The molecule has 75 heavy (non-hydrogen) atoms. The zero-order chi connectivity index (χ0) is 49.5. The molecule has 7 heteroatoms. The van der Waals surface area contributed by atoms with Crippen LogP contribution in [-0.4, -0.2) is 9.13 Å². The van der Waals surface area contributed by atoms with E-state index in [1.807, 2.05) is 42.5 Å². The highest BCUT2D eigenvalue weighted by atomic mass is 32.1. The van der Waals surface area contributed by atoms with E-state index in [9.17, 15) is 11.8 Å². The predicted octanol–water partition coefficient (Wildman–Crippen LogP) is 19.9. The van der Waals surface area contributed by atoms with E-state index in [2.05, 4.69) is 196 Å². The van der Waals surface area contributed by atoms with Gasteiger partial charge in [0, 0.05) is 74.4 Å². The second-order valence-electron chi connectivity index (χ2n) is 19.2. The number of hydrogen-bond donors (Lipinski definition) is 0. The molecular weight excluding hydrogens is 953 g/mol. The highest BCUT2D eigenvalue weighted by molar-refractivity contribution is 7.27. The Morgan fingerprint density at radius 2 is 0.920 bits per heavy atom. The Kier molecular flexibility index (Phi) is 8.85. The first-order valence-corrected chi connectivity index (χ1v) is 26.6. The SMILES string of the molecule is [C-]#[N+]c1c(-c2ccccc2)c(C#N)c(-n2c3ccccc3c3ccc4c5cc(-c6ccccc6)ccc5oc4c32)c(-c2ccccc2)c1-n1c2c(ccc3c4ccccc4sc32)c2ccc3c4ccccc4sc3c21. The van der Waals surface area contributed by atoms with Crippen LogP contribution in [0.3, 0.4) is 0 Å². The largest absolute Gasteiger partial charge is 0.454 e. The first kappa shape index (κ1) is 41.8. The van der Waals surface area contributed by atoms with E-state index >= 15 is 0 Å². The molecule has 0 atom stereocenters. The summed E-state index contributed by atoms with van der Waals surface area (Å²) in [5, 5.41) is 23.1. The van der Waals surface area contributed by atoms with Crippen molar-refractivity contribution >= 4 is 134 Å². The van der Waals surface area contributed by atoms with Gasteiger partial charge in [0.15, 0.2) is 5.58 Å². The number of thiophene rings is 2. The molecule has 0 unspecified atom stereocenters. The van der Waals surface area contributed by atoms with E-state index in [0.29, 0.717) is 28.2 Å². The molecule has 0 saturated heterocycles. The summed E-state index contributed by atoms with van der Waals surface area (Å²) in [5.74, 6) is 0. The van der Waals surface area contributed by atoms with Crippen LogP contribution in [0.1, 0.15) is 5.56 Å². The van der Waals surface area contributed by atoms with E-state index in [-0.39, 0.29) is 0 Å². The first-order chi connectivity index (χ1) is 37.2. The van der Waals surface area contributed by atoms with Gasteiger partial charge in [0.05, 0.1) is 55.0 Å². The Morgan fingerprint density at radius 1 is 0.413 bits per heavy atom. The zero-order valence-corrected chi connectivity index (χ0v) is 41.4. The molecule has 0 N–H and O–H groups in total. The lowest BCUT2D eigenvalue weighted by Crippen LogP contribution is -2.09. The molecule has 346 valence electrons. The number of nitriles is 1. The monoisotopic (exact) mass is 988 g/mol. The summed E-state index contributed by atoms with van der Waals surface area (Å²) >= 11 is 3.59. The number of furan rings is 1. The van der Waals surface area contributed by atoms with Crippen molar-refractivity contribution in [3.8, 4) is 50.8 Å². The second-order valence-corrected chi connectivity index (χ2v) is 21.3. The molecular formula is C68H36N4OS2. The predicted molar refractivity (Wildman–Crippen MR) is 315 cm³/mol. The molecule has 0 radical (unpaired) electrons. The number of benzene rings is 11. The molecule has 5 heterocycles. The molecule has 0 saturated carbocycles. The van der Waals surface area contributed by atoms with Gasteiger partial charge in [-0.15, -0.1) is 22.7 Å². The van der Waals surface area contributed by atoms with Gasteiger partial charge in [-0.05, 0) is 58.7 Å². The lowest BCUT2D eigenvalue weighted by atomic mass is 9.88. The molecule has 5 aromatic heterocycles. The summed E-state index contributed by atoms with van der Waals surface area (Å²) in [7, 11) is 0. The summed E-state index contributed by atoms with van der Waals surface area (Å²) in [6, 6.07) is 79.5. The lowest BCUT2D eigenvalue weighted by Gasteiger charge is -2.26. The van der Waals surface area contributed by atoms with Gasteiger partial charge in [0.1, 0.15) is 11.7 Å². The van der Waals surface area contributed by atoms with Gasteiger partial charge in [0.2, 0.25) is 5.69 Å². The van der Waals surface area contributed by atoms with Gasteiger partial charge in [0.25, 0.3) is 0 Å². The van der Waals surface area contributed by atoms with Crippen LogP contribution in [-0.2, 0) is 0 Å². The molecule has 0 aliphatic rings. The molecule has 0 fully saturated rings. The number of fused-ring (bicyclic) bond motifs is 18. The molecule has 16 rings (SSSR count). The van der Waals surface area contributed by atoms with Crippen molar-refractivity contribution in [1.29, 1.82) is 5.26 Å². The highest BCUT2D eigenvalue weighted by Crippen LogP contribution is 2.55. The average Bonchev–Trinajstić information content (AvgIpc) is 4.43. The van der Waals surface area contributed by atoms with Crippen LogP contribution in [0.5, 0.6) is 0 Å². The maximum absolute atomic E-state index is 12.2. The quantitative estimate of drug-likeness (QED) is 0.161. The molecule has 0 bridgehead atoms. The molecule has 5 nitrogen and oxygen atoms in total. The smallest absolute Gasteiger partial charge is 0.220 e. The fraction of sp³-hybridized carbons (Fsp3) is 0. The number of aromatic nitrogens is 2. The minimum atomic E-state index is 0.400. The van der Waals surface area contributed by atoms with Crippen molar-refractivity contribution < 1.29 is 4.42 Å². The van der Waals surface area contributed by atoms with E-state index in [1.54, 1.807) is 22.7 Å². The molecule has 0 spiro atoms. The van der Waals surface area contributed by atoms with Gasteiger partial charge in [-0.2, -0.15) is 5.26 Å². The Hall–Kier alpha value is -9.76. The Bertz CT molecular complexity index is 5070. The number of hydrogen-bond acceptors (Lipinski definition) is 4. The summed E-state index contributed by atoms with van der Waals surface area (Å²) in [5.41, 5.74) is 12.8. The van der Waals surface area contributed by atoms with Crippen LogP contribution in [0, 0.1) is 17.9 Å². The second kappa shape index (κ2) is 15.9. The van der Waals surface area contributed by atoms with E-state index < -0.39 is 0 Å². The van der Waals surface area contributed by atoms with Crippen LogP contribution in [0.25, 0.3) is 155 Å². The Labute approximate surface area is 436 Å². The number of nitrogens with zero attached hydrogens (tertiary/aromatic N) is 4. The van der Waals surface area contributed by atoms with Gasteiger partial charge in [-0.1, -0.05) is 182 Å². The van der Waals surface area contributed by atoms with Crippen molar-refractivity contribution in [3.63, 3.8) is 0 Å².